The topological polar surface area (TPSA) is 63.6 Å². The lowest BCUT2D eigenvalue weighted by molar-refractivity contribution is -0.163. The van der Waals surface area contributed by atoms with E-state index in [0.29, 0.717) is 5.57 Å². The Morgan fingerprint density at radius 1 is 1.04 bits per heavy atom. The summed E-state index contributed by atoms with van der Waals surface area (Å²) < 4.78 is 5.24. The fourth-order valence-corrected chi connectivity index (χ4v) is 2.50. The molecule has 0 fully saturated rings. The van der Waals surface area contributed by atoms with Gasteiger partial charge in [0.2, 0.25) is 5.60 Å². The molecule has 0 saturated heterocycles. The number of ether oxygens (including phenoxy) is 1. The van der Waals surface area contributed by atoms with E-state index in [1.54, 1.807) is 44.2 Å². The molecule has 0 aliphatic heterocycles. The lowest BCUT2D eigenvalue weighted by Crippen LogP contribution is -2.51. The Balaban J connectivity index is 2.29. The minimum atomic E-state index is -2.28. The molecule has 0 aromatic heterocycles. The van der Waals surface area contributed by atoms with Crippen LogP contribution in [0.25, 0.3) is 5.57 Å². The van der Waals surface area contributed by atoms with Gasteiger partial charge in [-0.25, -0.2) is 4.79 Å². The summed E-state index contributed by atoms with van der Waals surface area (Å²) >= 11 is 0. The number of Topliss-reactive ketones (excluding diaryl/α,β-unsaturated/α-hetero) is 1. The third kappa shape index (κ3) is 4.43. The summed E-state index contributed by atoms with van der Waals surface area (Å²) in [5.74, 6) is -1.84. The van der Waals surface area contributed by atoms with Gasteiger partial charge >= 0.3 is 5.97 Å². The third-order valence-corrected chi connectivity index (χ3v) is 3.87. The molecule has 4 nitrogen and oxygen atoms in total. The van der Waals surface area contributed by atoms with Crippen molar-refractivity contribution in [3.63, 3.8) is 0 Å². The molecule has 2 rings (SSSR count). The molecule has 0 unspecified atom stereocenters. The van der Waals surface area contributed by atoms with E-state index in [1.807, 2.05) is 30.3 Å². The maximum atomic E-state index is 12.6. The molecule has 0 amide bonds. The summed E-state index contributed by atoms with van der Waals surface area (Å²) in [4.78, 5) is 25.2. The molecule has 25 heavy (non-hydrogen) atoms. The molecule has 0 radical (unpaired) electrons. The normalized spacial score (nSPS) is 13.1. The molecule has 0 aliphatic carbocycles. The van der Waals surface area contributed by atoms with E-state index in [9.17, 15) is 14.7 Å². The van der Waals surface area contributed by atoms with Crippen LogP contribution in [0.15, 0.2) is 67.2 Å². The number of hydrogen-bond acceptors (Lipinski definition) is 4. The molecule has 1 atom stereocenters. The lowest BCUT2D eigenvalue weighted by atomic mass is 9.83. The number of esters is 1. The van der Waals surface area contributed by atoms with Gasteiger partial charge in [-0.3, -0.25) is 4.79 Å². The van der Waals surface area contributed by atoms with E-state index in [0.717, 1.165) is 5.56 Å². The number of benzene rings is 2. The summed E-state index contributed by atoms with van der Waals surface area (Å²) in [5, 5.41) is 10.9. The van der Waals surface area contributed by atoms with Gasteiger partial charge < -0.3 is 9.84 Å². The molecule has 4 heteroatoms. The number of carbonyl (C=O) groups is 2. The van der Waals surface area contributed by atoms with Crippen molar-refractivity contribution in [2.75, 3.05) is 0 Å². The van der Waals surface area contributed by atoms with Crippen molar-refractivity contribution in [3.8, 4) is 5.75 Å². The second-order valence-corrected chi connectivity index (χ2v) is 6.23. The Morgan fingerprint density at radius 3 is 2.08 bits per heavy atom. The van der Waals surface area contributed by atoms with Crippen LogP contribution in [-0.4, -0.2) is 22.5 Å². The molecule has 130 valence electrons. The summed E-state index contributed by atoms with van der Waals surface area (Å²) in [6, 6.07) is 17.5. The van der Waals surface area contributed by atoms with Gasteiger partial charge in [-0.1, -0.05) is 69.0 Å². The van der Waals surface area contributed by atoms with Gasteiger partial charge in [-0.15, -0.1) is 0 Å². The average Bonchev–Trinajstić information content (AvgIpc) is 2.62. The van der Waals surface area contributed by atoms with Gasteiger partial charge in [-0.2, -0.15) is 0 Å². The Bertz CT molecular complexity index is 750. The first-order valence-corrected chi connectivity index (χ1v) is 8.12. The predicted octanol–water partition coefficient (Wildman–Crippen LogP) is 3.65. The van der Waals surface area contributed by atoms with Gasteiger partial charge in [0.25, 0.3) is 0 Å². The molecular weight excluding hydrogens is 316 g/mol. The number of ketones is 1. The third-order valence-electron chi connectivity index (χ3n) is 3.87. The maximum absolute atomic E-state index is 12.6. The molecule has 1 N–H and O–H groups in total. The highest BCUT2D eigenvalue weighted by molar-refractivity contribution is 6.09. The minimum absolute atomic E-state index is 0.223. The van der Waals surface area contributed by atoms with Crippen LogP contribution in [0.1, 0.15) is 25.8 Å². The molecule has 2 aromatic rings. The number of para-hydroxylation sites is 1. The van der Waals surface area contributed by atoms with Crippen LogP contribution in [0.5, 0.6) is 5.75 Å². The SMILES string of the molecule is C=C(C[C@@](O)(C(=O)Oc1ccccc1)C(=O)C(C)C)c1ccccc1. The summed E-state index contributed by atoms with van der Waals surface area (Å²) in [7, 11) is 0. The maximum Gasteiger partial charge on any atom is 0.351 e. The van der Waals surface area contributed by atoms with Crippen LogP contribution >= 0.6 is 0 Å². The fourth-order valence-electron chi connectivity index (χ4n) is 2.50. The Kier molecular flexibility index (Phi) is 5.88. The van der Waals surface area contributed by atoms with Crippen molar-refractivity contribution in [3.05, 3.63) is 72.8 Å². The first-order valence-electron chi connectivity index (χ1n) is 8.12. The Morgan fingerprint density at radius 2 is 1.56 bits per heavy atom. The molecule has 0 bridgehead atoms. The van der Waals surface area contributed by atoms with Crippen LogP contribution in [-0.2, 0) is 9.59 Å². The van der Waals surface area contributed by atoms with E-state index in [4.69, 9.17) is 4.74 Å². The van der Waals surface area contributed by atoms with E-state index < -0.39 is 23.3 Å². The molecular formula is C21H22O4. The molecule has 2 aromatic carbocycles. The zero-order valence-corrected chi connectivity index (χ0v) is 14.4. The van der Waals surface area contributed by atoms with Crippen molar-refractivity contribution in [1.29, 1.82) is 0 Å². The predicted molar refractivity (Wildman–Crippen MR) is 97.0 cm³/mol. The van der Waals surface area contributed by atoms with Crippen molar-refractivity contribution in [1.82, 2.24) is 0 Å². The van der Waals surface area contributed by atoms with Gasteiger partial charge in [0.1, 0.15) is 5.75 Å². The standard InChI is InChI=1S/C21H22O4/c1-15(2)19(22)21(24,14-16(3)17-10-6-4-7-11-17)20(23)25-18-12-8-5-9-13-18/h4-13,15,24H,3,14H2,1-2H3/t21-/m0/s1. The smallest absolute Gasteiger partial charge is 0.351 e. The van der Waals surface area contributed by atoms with Crippen molar-refractivity contribution < 1.29 is 19.4 Å². The van der Waals surface area contributed by atoms with Gasteiger partial charge in [0.05, 0.1) is 0 Å². The highest BCUT2D eigenvalue weighted by Crippen LogP contribution is 2.28. The summed E-state index contributed by atoms with van der Waals surface area (Å²) in [6.07, 6.45) is -0.223. The molecule has 0 aliphatic rings. The fraction of sp³-hybridized carbons (Fsp3) is 0.238. The van der Waals surface area contributed by atoms with Crippen LogP contribution in [0.4, 0.5) is 0 Å². The lowest BCUT2D eigenvalue weighted by Gasteiger charge is -2.27. The zero-order valence-electron chi connectivity index (χ0n) is 14.4. The molecule has 0 saturated carbocycles. The number of hydrogen-bond donors (Lipinski definition) is 1. The second-order valence-electron chi connectivity index (χ2n) is 6.23. The Labute approximate surface area is 147 Å². The Hall–Kier alpha value is -2.72. The monoisotopic (exact) mass is 338 g/mol. The average molecular weight is 338 g/mol. The number of rotatable bonds is 7. The number of carbonyl (C=O) groups excluding carboxylic acids is 2. The van der Waals surface area contributed by atoms with Crippen molar-refractivity contribution in [2.45, 2.75) is 25.9 Å². The van der Waals surface area contributed by atoms with E-state index in [2.05, 4.69) is 6.58 Å². The first kappa shape index (κ1) is 18.6. The van der Waals surface area contributed by atoms with Crippen LogP contribution in [0, 0.1) is 5.92 Å². The van der Waals surface area contributed by atoms with E-state index >= 15 is 0 Å². The highest BCUT2D eigenvalue weighted by atomic mass is 16.6. The first-order chi connectivity index (χ1) is 11.8. The molecule has 0 heterocycles. The van der Waals surface area contributed by atoms with Crippen molar-refractivity contribution >= 4 is 17.3 Å². The van der Waals surface area contributed by atoms with E-state index in [-0.39, 0.29) is 12.2 Å². The largest absolute Gasteiger partial charge is 0.424 e. The minimum Gasteiger partial charge on any atom is -0.424 e. The van der Waals surface area contributed by atoms with Gasteiger partial charge in [0, 0.05) is 12.3 Å². The van der Waals surface area contributed by atoms with Crippen molar-refractivity contribution in [2.24, 2.45) is 5.92 Å². The second kappa shape index (κ2) is 7.90. The number of aliphatic hydroxyl groups is 1. The van der Waals surface area contributed by atoms with Gasteiger partial charge in [-0.05, 0) is 23.3 Å². The van der Waals surface area contributed by atoms with Crippen LogP contribution < -0.4 is 4.74 Å². The summed E-state index contributed by atoms with van der Waals surface area (Å²) in [6.45, 7) is 7.19. The highest BCUT2D eigenvalue weighted by Gasteiger charge is 2.47. The van der Waals surface area contributed by atoms with Crippen LogP contribution in [0.2, 0.25) is 0 Å². The van der Waals surface area contributed by atoms with Gasteiger partial charge in [0.15, 0.2) is 5.78 Å². The quantitative estimate of drug-likeness (QED) is 0.475. The van der Waals surface area contributed by atoms with E-state index in [1.165, 1.54) is 0 Å². The zero-order chi connectivity index (χ0) is 18.4. The molecule has 0 spiro atoms. The summed E-state index contributed by atoms with van der Waals surface area (Å²) in [5.41, 5.74) is -1.04. The van der Waals surface area contributed by atoms with Crippen LogP contribution in [0.3, 0.4) is 0 Å².